The Hall–Kier alpha value is -2.74. The van der Waals surface area contributed by atoms with E-state index in [2.05, 4.69) is 5.32 Å². The lowest BCUT2D eigenvalue weighted by atomic mass is 10.0. The molecule has 0 atom stereocenters. The fourth-order valence-electron chi connectivity index (χ4n) is 2.80. The summed E-state index contributed by atoms with van der Waals surface area (Å²) < 4.78 is 4.83. The summed E-state index contributed by atoms with van der Waals surface area (Å²) in [5, 5.41) is 2.78. The first kappa shape index (κ1) is 19.6. The first-order valence-electron chi connectivity index (χ1n) is 8.51. The summed E-state index contributed by atoms with van der Waals surface area (Å²) in [6.45, 7) is 3.54. The van der Waals surface area contributed by atoms with Crippen molar-refractivity contribution in [3.8, 4) is 0 Å². The number of carbonyl (C=O) groups is 4. The molecule has 140 valence electrons. The van der Waals surface area contributed by atoms with Crippen molar-refractivity contribution >= 4 is 29.4 Å². The predicted molar refractivity (Wildman–Crippen MR) is 94.5 cm³/mol. The fraction of sp³-hybridized carbons (Fsp3) is 0.444. The van der Waals surface area contributed by atoms with Crippen LogP contribution in [0, 0.1) is 0 Å². The van der Waals surface area contributed by atoms with Crippen molar-refractivity contribution in [3.63, 3.8) is 0 Å². The highest BCUT2D eigenvalue weighted by Gasteiger charge is 2.44. The highest BCUT2D eigenvalue weighted by molar-refractivity contribution is 6.45. The number of amides is 5. The van der Waals surface area contributed by atoms with E-state index in [0.29, 0.717) is 10.6 Å². The number of ether oxygens (including phenoxy) is 1. The number of anilines is 1. The summed E-state index contributed by atoms with van der Waals surface area (Å²) >= 11 is 0. The molecule has 1 saturated heterocycles. The number of methoxy groups -OCH3 is 1. The van der Waals surface area contributed by atoms with Gasteiger partial charge < -0.3 is 10.1 Å². The number of carbonyl (C=O) groups excluding carboxylic acids is 4. The van der Waals surface area contributed by atoms with Crippen LogP contribution in [-0.4, -0.2) is 60.4 Å². The Kier molecular flexibility index (Phi) is 6.46. The van der Waals surface area contributed by atoms with Gasteiger partial charge in [-0.25, -0.2) is 9.69 Å². The van der Waals surface area contributed by atoms with E-state index in [9.17, 15) is 19.2 Å². The molecule has 1 aromatic carbocycles. The lowest BCUT2D eigenvalue weighted by Gasteiger charge is -2.17. The second-order valence-electron chi connectivity index (χ2n) is 5.83. The lowest BCUT2D eigenvalue weighted by Crippen LogP contribution is -2.39. The second-order valence-corrected chi connectivity index (χ2v) is 5.83. The summed E-state index contributed by atoms with van der Waals surface area (Å²) in [5.74, 6) is -2.47. The van der Waals surface area contributed by atoms with Crippen molar-refractivity contribution in [2.24, 2.45) is 0 Å². The Morgan fingerprint density at radius 2 is 1.62 bits per heavy atom. The van der Waals surface area contributed by atoms with Gasteiger partial charge in [0, 0.05) is 12.8 Å². The van der Waals surface area contributed by atoms with Crippen LogP contribution in [0.4, 0.5) is 10.5 Å². The van der Waals surface area contributed by atoms with Gasteiger partial charge in [0.2, 0.25) is 5.91 Å². The Bertz CT molecular complexity index is 709. The van der Waals surface area contributed by atoms with E-state index < -0.39 is 30.3 Å². The van der Waals surface area contributed by atoms with Crippen LogP contribution >= 0.6 is 0 Å². The number of rotatable bonds is 8. The highest BCUT2D eigenvalue weighted by atomic mass is 16.5. The predicted octanol–water partition coefficient (Wildman–Crippen LogP) is 1.19. The second kappa shape index (κ2) is 8.57. The molecule has 1 aliphatic heterocycles. The SMILES string of the molecule is CCc1cccc(CC)c1NC(=O)CN1C(=O)C(=O)N(CCOC)C1=O. The first-order valence-corrected chi connectivity index (χ1v) is 8.51. The van der Waals surface area contributed by atoms with Gasteiger partial charge in [0.15, 0.2) is 0 Å². The van der Waals surface area contributed by atoms with E-state index in [1.54, 1.807) is 0 Å². The minimum absolute atomic E-state index is 0.0311. The summed E-state index contributed by atoms with van der Waals surface area (Å²) in [5.41, 5.74) is 2.63. The van der Waals surface area contributed by atoms with E-state index in [-0.39, 0.29) is 13.2 Å². The molecule has 0 unspecified atom stereocenters. The molecule has 1 aliphatic rings. The summed E-state index contributed by atoms with van der Waals surface area (Å²) in [6.07, 6.45) is 1.46. The zero-order chi connectivity index (χ0) is 19.3. The van der Waals surface area contributed by atoms with E-state index >= 15 is 0 Å². The third-order valence-corrected chi connectivity index (χ3v) is 4.22. The van der Waals surface area contributed by atoms with E-state index in [4.69, 9.17) is 4.74 Å². The van der Waals surface area contributed by atoms with Crippen LogP contribution in [0.25, 0.3) is 0 Å². The van der Waals surface area contributed by atoms with Gasteiger partial charge in [0.05, 0.1) is 13.2 Å². The van der Waals surface area contributed by atoms with Gasteiger partial charge in [-0.05, 0) is 24.0 Å². The van der Waals surface area contributed by atoms with Crippen molar-refractivity contribution in [2.45, 2.75) is 26.7 Å². The monoisotopic (exact) mass is 361 g/mol. The Balaban J connectivity index is 2.12. The number of hydrogen-bond acceptors (Lipinski definition) is 5. The highest BCUT2D eigenvalue weighted by Crippen LogP contribution is 2.23. The van der Waals surface area contributed by atoms with Crippen molar-refractivity contribution in [3.05, 3.63) is 29.3 Å². The lowest BCUT2D eigenvalue weighted by molar-refractivity contribution is -0.143. The molecule has 1 N–H and O–H groups in total. The number of hydrogen-bond donors (Lipinski definition) is 1. The molecule has 26 heavy (non-hydrogen) atoms. The fourth-order valence-corrected chi connectivity index (χ4v) is 2.80. The number of aryl methyl sites for hydroxylation is 2. The quantitative estimate of drug-likeness (QED) is 0.554. The number of benzene rings is 1. The van der Waals surface area contributed by atoms with Crippen molar-refractivity contribution < 1.29 is 23.9 Å². The molecule has 5 amide bonds. The smallest absolute Gasteiger partial charge is 0.334 e. The standard InChI is InChI=1S/C18H23N3O5/c1-4-12-7-6-8-13(5-2)15(12)19-14(22)11-21-17(24)16(23)20(18(21)25)9-10-26-3/h6-8H,4-5,9-11H2,1-3H3,(H,19,22). The third kappa shape index (κ3) is 3.91. The normalized spacial score (nSPS) is 14.3. The van der Waals surface area contributed by atoms with Crippen LogP contribution in [0.15, 0.2) is 18.2 Å². The molecule has 0 spiro atoms. The molecule has 0 saturated carbocycles. The molecule has 0 bridgehead atoms. The number of nitrogens with zero attached hydrogens (tertiary/aromatic N) is 2. The van der Waals surface area contributed by atoms with Crippen LogP contribution in [-0.2, 0) is 32.0 Å². The van der Waals surface area contributed by atoms with E-state index in [0.717, 1.165) is 28.9 Å². The number of urea groups is 1. The zero-order valence-electron chi connectivity index (χ0n) is 15.2. The van der Waals surface area contributed by atoms with Gasteiger partial charge in [-0.1, -0.05) is 32.0 Å². The van der Waals surface area contributed by atoms with Gasteiger partial charge in [-0.3, -0.25) is 19.3 Å². The van der Waals surface area contributed by atoms with Crippen LogP contribution in [0.2, 0.25) is 0 Å². The van der Waals surface area contributed by atoms with Crippen molar-refractivity contribution in [1.82, 2.24) is 9.80 Å². The average molecular weight is 361 g/mol. The molecule has 0 aromatic heterocycles. The van der Waals surface area contributed by atoms with Gasteiger partial charge in [-0.2, -0.15) is 0 Å². The number of nitrogens with one attached hydrogen (secondary N) is 1. The van der Waals surface area contributed by atoms with Crippen LogP contribution in [0.5, 0.6) is 0 Å². The van der Waals surface area contributed by atoms with E-state index in [1.807, 2.05) is 32.0 Å². The Morgan fingerprint density at radius 3 is 2.15 bits per heavy atom. The van der Waals surface area contributed by atoms with Gasteiger partial charge in [0.25, 0.3) is 0 Å². The Labute approximate surface area is 152 Å². The molecular weight excluding hydrogens is 338 g/mol. The number of para-hydroxylation sites is 1. The molecule has 1 fully saturated rings. The van der Waals surface area contributed by atoms with E-state index in [1.165, 1.54) is 7.11 Å². The maximum Gasteiger partial charge on any atom is 0.334 e. The molecule has 1 heterocycles. The summed E-state index contributed by atoms with van der Waals surface area (Å²) in [6, 6.07) is 4.95. The molecule has 1 aromatic rings. The maximum absolute atomic E-state index is 12.4. The largest absolute Gasteiger partial charge is 0.383 e. The van der Waals surface area contributed by atoms with Crippen molar-refractivity contribution in [2.75, 3.05) is 32.1 Å². The van der Waals surface area contributed by atoms with Crippen molar-refractivity contribution in [1.29, 1.82) is 0 Å². The van der Waals surface area contributed by atoms with Gasteiger partial charge in [-0.15, -0.1) is 0 Å². The van der Waals surface area contributed by atoms with Gasteiger partial charge in [0.1, 0.15) is 6.54 Å². The zero-order valence-corrected chi connectivity index (χ0v) is 15.2. The van der Waals surface area contributed by atoms with Crippen LogP contribution < -0.4 is 5.32 Å². The molecular formula is C18H23N3O5. The summed E-state index contributed by atoms with van der Waals surface area (Å²) in [7, 11) is 1.43. The molecule has 8 heteroatoms. The summed E-state index contributed by atoms with van der Waals surface area (Å²) in [4.78, 5) is 50.0. The average Bonchev–Trinajstić information content (AvgIpc) is 2.83. The number of imide groups is 2. The topological polar surface area (TPSA) is 96.0 Å². The molecule has 8 nitrogen and oxygen atoms in total. The molecule has 2 rings (SSSR count). The van der Waals surface area contributed by atoms with Crippen LogP contribution in [0.1, 0.15) is 25.0 Å². The Morgan fingerprint density at radius 1 is 1.04 bits per heavy atom. The van der Waals surface area contributed by atoms with Crippen LogP contribution in [0.3, 0.4) is 0 Å². The first-order chi connectivity index (χ1) is 12.4. The molecule has 0 aliphatic carbocycles. The van der Waals surface area contributed by atoms with Gasteiger partial charge >= 0.3 is 17.8 Å². The minimum Gasteiger partial charge on any atom is -0.383 e. The third-order valence-electron chi connectivity index (χ3n) is 4.22. The molecule has 0 radical (unpaired) electrons. The minimum atomic E-state index is -0.999. The maximum atomic E-state index is 12.4.